The Morgan fingerprint density at radius 2 is 2.04 bits per heavy atom. The Balaban J connectivity index is 1.77. The van der Waals surface area contributed by atoms with Crippen molar-refractivity contribution in [3.63, 3.8) is 0 Å². The van der Waals surface area contributed by atoms with E-state index < -0.39 is 12.1 Å². The molecule has 23 heavy (non-hydrogen) atoms. The fraction of sp³-hybridized carbons (Fsp3) is 0.471. The number of nitrogens with zero attached hydrogens (tertiary/aromatic N) is 1. The van der Waals surface area contributed by atoms with E-state index in [0.717, 1.165) is 25.7 Å². The van der Waals surface area contributed by atoms with Crippen LogP contribution in [0, 0.1) is 11.3 Å². The zero-order valence-corrected chi connectivity index (χ0v) is 13.1. The van der Waals surface area contributed by atoms with Crippen molar-refractivity contribution in [3.05, 3.63) is 29.8 Å². The number of rotatable bonds is 6. The topological polar surface area (TPSA) is 88.4 Å². The second-order valence-electron chi connectivity index (χ2n) is 5.52. The van der Waals surface area contributed by atoms with Crippen molar-refractivity contribution in [2.45, 2.75) is 44.8 Å². The highest BCUT2D eigenvalue weighted by Crippen LogP contribution is 2.18. The first kappa shape index (κ1) is 16.8. The molecule has 0 heterocycles. The third kappa shape index (κ3) is 4.99. The van der Waals surface area contributed by atoms with Gasteiger partial charge in [0.15, 0.2) is 12.7 Å². The van der Waals surface area contributed by atoms with E-state index in [1.165, 1.54) is 6.92 Å². The minimum absolute atomic E-state index is 0.183. The summed E-state index contributed by atoms with van der Waals surface area (Å²) in [7, 11) is 0. The van der Waals surface area contributed by atoms with Gasteiger partial charge in [-0.25, -0.2) is 4.79 Å². The normalized spacial score (nSPS) is 15.5. The quantitative estimate of drug-likeness (QED) is 0.810. The van der Waals surface area contributed by atoms with Gasteiger partial charge in [0, 0.05) is 6.04 Å². The van der Waals surface area contributed by atoms with E-state index in [4.69, 9.17) is 14.7 Å². The van der Waals surface area contributed by atoms with Gasteiger partial charge in [0.25, 0.3) is 5.91 Å². The van der Waals surface area contributed by atoms with E-state index in [1.54, 1.807) is 24.3 Å². The molecule has 1 aromatic rings. The van der Waals surface area contributed by atoms with Crippen LogP contribution in [-0.2, 0) is 14.3 Å². The Morgan fingerprint density at radius 1 is 1.35 bits per heavy atom. The van der Waals surface area contributed by atoms with Gasteiger partial charge >= 0.3 is 5.97 Å². The lowest BCUT2D eigenvalue weighted by Crippen LogP contribution is -2.41. The first-order valence-corrected chi connectivity index (χ1v) is 7.72. The van der Waals surface area contributed by atoms with Crippen molar-refractivity contribution in [1.82, 2.24) is 5.32 Å². The predicted octanol–water partition coefficient (Wildman–Crippen LogP) is 1.93. The van der Waals surface area contributed by atoms with Gasteiger partial charge in [0.1, 0.15) is 11.8 Å². The third-order valence-electron chi connectivity index (χ3n) is 3.73. The molecule has 0 aromatic heterocycles. The summed E-state index contributed by atoms with van der Waals surface area (Å²) in [5, 5.41) is 11.8. The lowest BCUT2D eigenvalue weighted by Gasteiger charge is -2.17. The zero-order valence-electron chi connectivity index (χ0n) is 13.1. The molecule has 0 radical (unpaired) electrons. The summed E-state index contributed by atoms with van der Waals surface area (Å²) >= 11 is 0. The highest BCUT2D eigenvalue weighted by Gasteiger charge is 2.23. The monoisotopic (exact) mass is 316 g/mol. The highest BCUT2D eigenvalue weighted by molar-refractivity contribution is 5.83. The number of ether oxygens (including phenoxy) is 2. The van der Waals surface area contributed by atoms with E-state index in [0.29, 0.717) is 11.3 Å². The van der Waals surface area contributed by atoms with Crippen LogP contribution in [0.5, 0.6) is 5.75 Å². The van der Waals surface area contributed by atoms with E-state index in [9.17, 15) is 9.59 Å². The van der Waals surface area contributed by atoms with Gasteiger partial charge < -0.3 is 14.8 Å². The molecule has 0 aliphatic heterocycles. The van der Waals surface area contributed by atoms with Gasteiger partial charge in [-0.2, -0.15) is 5.26 Å². The number of para-hydroxylation sites is 1. The summed E-state index contributed by atoms with van der Waals surface area (Å²) in [6, 6.07) is 8.77. The molecule has 1 N–H and O–H groups in total. The van der Waals surface area contributed by atoms with E-state index in [-0.39, 0.29) is 18.6 Å². The molecule has 122 valence electrons. The Hall–Kier alpha value is -2.55. The van der Waals surface area contributed by atoms with Crippen molar-refractivity contribution in [2.24, 2.45) is 0 Å². The van der Waals surface area contributed by atoms with Gasteiger partial charge in [0.05, 0.1) is 5.56 Å². The highest BCUT2D eigenvalue weighted by atomic mass is 16.6. The van der Waals surface area contributed by atoms with Crippen LogP contribution in [0.3, 0.4) is 0 Å². The Bertz CT molecular complexity index is 603. The lowest BCUT2D eigenvalue weighted by molar-refractivity contribution is -0.156. The summed E-state index contributed by atoms with van der Waals surface area (Å²) < 4.78 is 10.3. The van der Waals surface area contributed by atoms with Gasteiger partial charge in [-0.3, -0.25) is 4.79 Å². The zero-order chi connectivity index (χ0) is 16.7. The molecule has 0 spiro atoms. The molecular weight excluding hydrogens is 296 g/mol. The molecule has 6 nitrogen and oxygen atoms in total. The molecule has 1 amide bonds. The van der Waals surface area contributed by atoms with Crippen molar-refractivity contribution < 1.29 is 19.1 Å². The minimum Gasteiger partial charge on any atom is -0.481 e. The Kier molecular flexibility index (Phi) is 5.98. The molecule has 1 aliphatic rings. The number of nitrogens with one attached hydrogen (secondary N) is 1. The summed E-state index contributed by atoms with van der Waals surface area (Å²) in [6.07, 6.45) is 3.31. The Labute approximate surface area is 135 Å². The number of carbonyl (C=O) groups is 2. The van der Waals surface area contributed by atoms with Gasteiger partial charge in [0.2, 0.25) is 0 Å². The molecular formula is C17H20N2O4. The fourth-order valence-corrected chi connectivity index (χ4v) is 2.49. The van der Waals surface area contributed by atoms with Gasteiger partial charge in [-0.1, -0.05) is 25.0 Å². The Morgan fingerprint density at radius 3 is 2.74 bits per heavy atom. The average molecular weight is 316 g/mol. The first-order valence-electron chi connectivity index (χ1n) is 7.72. The third-order valence-corrected chi connectivity index (χ3v) is 3.73. The molecule has 1 aliphatic carbocycles. The number of hydrogen-bond acceptors (Lipinski definition) is 5. The van der Waals surface area contributed by atoms with Crippen molar-refractivity contribution >= 4 is 11.9 Å². The summed E-state index contributed by atoms with van der Waals surface area (Å²) in [6.45, 7) is 1.19. The van der Waals surface area contributed by atoms with E-state index in [2.05, 4.69) is 5.32 Å². The van der Waals surface area contributed by atoms with Crippen molar-refractivity contribution in [3.8, 4) is 11.8 Å². The molecule has 0 bridgehead atoms. The van der Waals surface area contributed by atoms with Crippen LogP contribution in [0.2, 0.25) is 0 Å². The molecule has 6 heteroatoms. The van der Waals surface area contributed by atoms with E-state index in [1.807, 2.05) is 6.07 Å². The summed E-state index contributed by atoms with van der Waals surface area (Å²) in [4.78, 5) is 23.7. The van der Waals surface area contributed by atoms with Crippen LogP contribution in [0.15, 0.2) is 24.3 Å². The van der Waals surface area contributed by atoms with Crippen LogP contribution in [-0.4, -0.2) is 30.6 Å². The number of amides is 1. The predicted molar refractivity (Wildman–Crippen MR) is 82.6 cm³/mol. The molecule has 0 unspecified atom stereocenters. The number of carbonyl (C=O) groups excluding carboxylic acids is 2. The second-order valence-corrected chi connectivity index (χ2v) is 5.52. The maximum atomic E-state index is 11.9. The minimum atomic E-state index is -0.863. The fourth-order valence-electron chi connectivity index (χ4n) is 2.49. The van der Waals surface area contributed by atoms with Gasteiger partial charge in [-0.15, -0.1) is 0 Å². The first-order chi connectivity index (χ1) is 11.1. The van der Waals surface area contributed by atoms with Crippen LogP contribution < -0.4 is 10.1 Å². The summed E-state index contributed by atoms with van der Waals surface area (Å²) in [5.74, 6) is -0.621. The molecule has 1 saturated carbocycles. The molecule has 1 fully saturated rings. The van der Waals surface area contributed by atoms with Crippen LogP contribution in [0.4, 0.5) is 0 Å². The maximum absolute atomic E-state index is 11.9. The largest absolute Gasteiger partial charge is 0.481 e. The van der Waals surface area contributed by atoms with Crippen LogP contribution in [0.25, 0.3) is 0 Å². The molecule has 0 saturated heterocycles. The van der Waals surface area contributed by atoms with Crippen molar-refractivity contribution in [1.29, 1.82) is 5.26 Å². The molecule has 2 rings (SSSR count). The SMILES string of the molecule is C[C@@H](OC(=O)COc1ccccc1C#N)C(=O)NC1CCCC1. The summed E-state index contributed by atoms with van der Waals surface area (Å²) in [5.41, 5.74) is 0.340. The lowest BCUT2D eigenvalue weighted by atomic mass is 10.2. The van der Waals surface area contributed by atoms with Crippen molar-refractivity contribution in [2.75, 3.05) is 6.61 Å². The second kappa shape index (κ2) is 8.18. The van der Waals surface area contributed by atoms with Gasteiger partial charge in [-0.05, 0) is 31.9 Å². The number of esters is 1. The standard InChI is InChI=1S/C17H20N2O4/c1-12(17(21)19-14-7-3-4-8-14)23-16(20)11-22-15-9-5-2-6-13(15)10-18/h2,5-6,9,12,14H,3-4,7-8,11H2,1H3,(H,19,21)/t12-/m1/s1. The number of hydrogen-bond donors (Lipinski definition) is 1. The molecule has 1 atom stereocenters. The smallest absolute Gasteiger partial charge is 0.344 e. The van der Waals surface area contributed by atoms with Crippen LogP contribution in [0.1, 0.15) is 38.2 Å². The number of benzene rings is 1. The van der Waals surface area contributed by atoms with E-state index >= 15 is 0 Å². The molecule has 1 aromatic carbocycles. The van der Waals surface area contributed by atoms with Crippen LogP contribution >= 0.6 is 0 Å². The number of nitriles is 1. The maximum Gasteiger partial charge on any atom is 0.344 e. The average Bonchev–Trinajstić information content (AvgIpc) is 3.06.